The highest BCUT2D eigenvalue weighted by Gasteiger charge is 2.31. The molecule has 1 aliphatic rings. The summed E-state index contributed by atoms with van der Waals surface area (Å²) in [7, 11) is 0. The van der Waals surface area contributed by atoms with Crippen molar-refractivity contribution in [3.05, 3.63) is 16.3 Å². The molecule has 3 aromatic rings. The summed E-state index contributed by atoms with van der Waals surface area (Å²) in [5.74, 6) is 0.851. The molecule has 0 radical (unpaired) electrons. The molecule has 0 aromatic carbocycles. The molecule has 0 aliphatic carbocycles. The molecule has 4 heterocycles. The van der Waals surface area contributed by atoms with Crippen molar-refractivity contribution < 1.29 is 14.3 Å². The number of aromatic nitrogens is 4. The third-order valence-corrected chi connectivity index (χ3v) is 6.56. The molecular formula is C18H22N4O3S2. The van der Waals surface area contributed by atoms with Crippen LogP contribution in [-0.4, -0.2) is 43.5 Å². The van der Waals surface area contributed by atoms with E-state index in [1.54, 1.807) is 18.3 Å². The fraction of sp³-hybridized carbons (Fsp3) is 0.556. The zero-order chi connectivity index (χ0) is 19.2. The first-order valence-electron chi connectivity index (χ1n) is 9.04. The van der Waals surface area contributed by atoms with Gasteiger partial charge in [-0.1, -0.05) is 18.7 Å². The summed E-state index contributed by atoms with van der Waals surface area (Å²) in [5, 5.41) is 10.6. The van der Waals surface area contributed by atoms with Gasteiger partial charge >= 0.3 is 5.97 Å². The van der Waals surface area contributed by atoms with Crippen molar-refractivity contribution in [1.82, 2.24) is 19.6 Å². The summed E-state index contributed by atoms with van der Waals surface area (Å²) in [6, 6.07) is 0. The van der Waals surface area contributed by atoms with Crippen LogP contribution in [0.1, 0.15) is 44.0 Å². The van der Waals surface area contributed by atoms with Crippen molar-refractivity contribution in [2.45, 2.75) is 57.9 Å². The summed E-state index contributed by atoms with van der Waals surface area (Å²) in [6.07, 6.45) is 1.57. The fourth-order valence-electron chi connectivity index (χ4n) is 3.34. The standard InChI is InChI=1S/C18H22N4O3S2/c1-5-12-19-16-14(10-7-18(3,4)25-8-11(10)27-16)15-20-21-17(22(12)15)26-9-13(23)24-6-2/h5-9H2,1-4H3. The van der Waals surface area contributed by atoms with E-state index in [-0.39, 0.29) is 17.3 Å². The monoisotopic (exact) mass is 406 g/mol. The van der Waals surface area contributed by atoms with Crippen molar-refractivity contribution in [1.29, 1.82) is 0 Å². The number of thioether (sulfide) groups is 1. The topological polar surface area (TPSA) is 78.6 Å². The van der Waals surface area contributed by atoms with E-state index < -0.39 is 0 Å². The smallest absolute Gasteiger partial charge is 0.316 e. The SMILES string of the molecule is CCOC(=O)CSc1nnc2c3c4c(sc3nc(CC)n12)COC(C)(C)C4. The quantitative estimate of drug-likeness (QED) is 0.474. The maximum absolute atomic E-state index is 11.7. The maximum atomic E-state index is 11.7. The van der Waals surface area contributed by atoms with Crippen LogP contribution >= 0.6 is 23.1 Å². The zero-order valence-corrected chi connectivity index (χ0v) is 17.5. The zero-order valence-electron chi connectivity index (χ0n) is 15.9. The number of carbonyl (C=O) groups is 1. The predicted octanol–water partition coefficient (Wildman–Crippen LogP) is 3.41. The molecule has 27 heavy (non-hydrogen) atoms. The summed E-state index contributed by atoms with van der Waals surface area (Å²) in [5.41, 5.74) is 1.88. The molecule has 0 atom stereocenters. The lowest BCUT2D eigenvalue weighted by molar-refractivity contribution is -0.139. The minimum absolute atomic E-state index is 0.205. The van der Waals surface area contributed by atoms with Gasteiger partial charge in [-0.05, 0) is 26.3 Å². The van der Waals surface area contributed by atoms with Crippen molar-refractivity contribution >= 4 is 44.9 Å². The number of aryl methyl sites for hydroxylation is 1. The molecule has 0 bridgehead atoms. The lowest BCUT2D eigenvalue weighted by Gasteiger charge is -2.30. The molecule has 0 saturated heterocycles. The van der Waals surface area contributed by atoms with Gasteiger partial charge in [-0.2, -0.15) is 0 Å². The number of esters is 1. The van der Waals surface area contributed by atoms with Gasteiger partial charge in [0.15, 0.2) is 10.8 Å². The van der Waals surface area contributed by atoms with E-state index in [0.717, 1.165) is 34.5 Å². The number of hydrogen-bond acceptors (Lipinski definition) is 8. The van der Waals surface area contributed by atoms with Crippen molar-refractivity contribution in [3.63, 3.8) is 0 Å². The first-order chi connectivity index (χ1) is 12.9. The Balaban J connectivity index is 1.84. The Bertz CT molecular complexity index is 1020. The maximum Gasteiger partial charge on any atom is 0.316 e. The molecule has 9 heteroatoms. The first-order valence-corrected chi connectivity index (χ1v) is 10.8. The average molecular weight is 407 g/mol. The van der Waals surface area contributed by atoms with Gasteiger partial charge in [0.25, 0.3) is 0 Å². The van der Waals surface area contributed by atoms with Crippen LogP contribution in [0.25, 0.3) is 15.9 Å². The van der Waals surface area contributed by atoms with Gasteiger partial charge in [0.2, 0.25) is 0 Å². The average Bonchev–Trinajstić information content (AvgIpc) is 3.19. The molecule has 3 aromatic heterocycles. The molecular weight excluding hydrogens is 384 g/mol. The predicted molar refractivity (Wildman–Crippen MR) is 105 cm³/mol. The second kappa shape index (κ2) is 7.03. The van der Waals surface area contributed by atoms with E-state index in [2.05, 4.69) is 31.0 Å². The van der Waals surface area contributed by atoms with E-state index in [1.807, 2.05) is 4.40 Å². The summed E-state index contributed by atoms with van der Waals surface area (Å²) in [4.78, 5) is 18.8. The molecule has 0 saturated carbocycles. The second-order valence-electron chi connectivity index (χ2n) is 7.03. The first kappa shape index (κ1) is 18.6. The third kappa shape index (κ3) is 3.32. The number of hydrogen-bond donors (Lipinski definition) is 0. The summed E-state index contributed by atoms with van der Waals surface area (Å²) in [6.45, 7) is 9.06. The Morgan fingerprint density at radius 3 is 2.93 bits per heavy atom. The number of ether oxygens (including phenoxy) is 2. The van der Waals surface area contributed by atoms with Crippen molar-refractivity contribution in [2.24, 2.45) is 0 Å². The molecule has 7 nitrogen and oxygen atoms in total. The van der Waals surface area contributed by atoms with Gasteiger partial charge in [-0.25, -0.2) is 4.98 Å². The Morgan fingerprint density at radius 1 is 1.37 bits per heavy atom. The van der Waals surface area contributed by atoms with Crippen molar-refractivity contribution in [3.8, 4) is 0 Å². The van der Waals surface area contributed by atoms with Crippen molar-refractivity contribution in [2.75, 3.05) is 12.4 Å². The van der Waals surface area contributed by atoms with Crippen LogP contribution in [0.15, 0.2) is 5.16 Å². The molecule has 0 N–H and O–H groups in total. The van der Waals surface area contributed by atoms with Gasteiger partial charge in [0.05, 0.1) is 30.0 Å². The molecule has 0 unspecified atom stereocenters. The fourth-order valence-corrected chi connectivity index (χ4v) is 5.20. The highest BCUT2D eigenvalue weighted by Crippen LogP contribution is 2.40. The Hall–Kier alpha value is -1.71. The highest BCUT2D eigenvalue weighted by molar-refractivity contribution is 7.99. The van der Waals surface area contributed by atoms with Crippen LogP contribution in [0.4, 0.5) is 0 Å². The number of carbonyl (C=O) groups excluding carboxylic acids is 1. The normalized spacial score (nSPS) is 16.0. The van der Waals surface area contributed by atoms with Gasteiger partial charge in [0, 0.05) is 17.7 Å². The van der Waals surface area contributed by atoms with Crippen LogP contribution in [-0.2, 0) is 33.7 Å². The lowest BCUT2D eigenvalue weighted by Crippen LogP contribution is -2.31. The Kier molecular flexibility index (Phi) is 4.85. The van der Waals surface area contributed by atoms with Gasteiger partial charge in [0.1, 0.15) is 10.7 Å². The van der Waals surface area contributed by atoms with E-state index in [1.165, 1.54) is 22.2 Å². The molecule has 0 fully saturated rings. The second-order valence-corrected chi connectivity index (χ2v) is 9.05. The largest absolute Gasteiger partial charge is 0.465 e. The Morgan fingerprint density at radius 2 is 2.19 bits per heavy atom. The van der Waals surface area contributed by atoms with Crippen LogP contribution in [0.5, 0.6) is 0 Å². The molecule has 144 valence electrons. The minimum atomic E-state index is -0.252. The third-order valence-electron chi connectivity index (χ3n) is 4.55. The lowest BCUT2D eigenvalue weighted by atomic mass is 9.94. The van der Waals surface area contributed by atoms with Crippen LogP contribution in [0.2, 0.25) is 0 Å². The van der Waals surface area contributed by atoms with Gasteiger partial charge < -0.3 is 9.47 Å². The number of thiophene rings is 1. The van der Waals surface area contributed by atoms with E-state index in [9.17, 15) is 4.79 Å². The van der Waals surface area contributed by atoms with E-state index in [0.29, 0.717) is 18.4 Å². The molecule has 4 rings (SSSR count). The molecule has 1 aliphatic heterocycles. The van der Waals surface area contributed by atoms with Gasteiger partial charge in [-0.15, -0.1) is 21.5 Å². The minimum Gasteiger partial charge on any atom is -0.465 e. The number of nitrogens with zero attached hydrogens (tertiary/aromatic N) is 4. The molecule has 0 spiro atoms. The van der Waals surface area contributed by atoms with Crippen LogP contribution in [0, 0.1) is 0 Å². The number of rotatable bonds is 5. The van der Waals surface area contributed by atoms with Crippen LogP contribution in [0.3, 0.4) is 0 Å². The highest BCUT2D eigenvalue weighted by atomic mass is 32.2. The molecule has 0 amide bonds. The van der Waals surface area contributed by atoms with E-state index >= 15 is 0 Å². The van der Waals surface area contributed by atoms with E-state index in [4.69, 9.17) is 14.5 Å². The van der Waals surface area contributed by atoms with Crippen LogP contribution < -0.4 is 0 Å². The summed E-state index contributed by atoms with van der Waals surface area (Å²) >= 11 is 3.02. The number of fused-ring (bicyclic) bond motifs is 5. The Labute approximate surface area is 165 Å². The summed E-state index contributed by atoms with van der Waals surface area (Å²) < 4.78 is 13.0. The van der Waals surface area contributed by atoms with Gasteiger partial charge in [-0.3, -0.25) is 9.20 Å².